The molecule has 0 amide bonds. The van der Waals surface area contributed by atoms with Crippen LogP contribution in [0.4, 0.5) is 0 Å². The number of allylic oxidation sites excluding steroid dienone is 6. The van der Waals surface area contributed by atoms with Crippen LogP contribution in [-0.2, 0) is 14.4 Å². The smallest absolute Gasteiger partial charge is 0.165 e. The van der Waals surface area contributed by atoms with E-state index in [1.807, 2.05) is 0 Å². The van der Waals surface area contributed by atoms with E-state index in [0.717, 1.165) is 77.0 Å². The molecular formula is C63H108EuO6. The first-order valence-corrected chi connectivity index (χ1v) is 27.8. The fourth-order valence-corrected chi connectivity index (χ4v) is 14.4. The van der Waals surface area contributed by atoms with Crippen molar-refractivity contribution in [1.82, 2.24) is 0 Å². The van der Waals surface area contributed by atoms with Crippen molar-refractivity contribution < 1.29 is 79.1 Å². The molecule has 0 spiro atoms. The van der Waals surface area contributed by atoms with Crippen LogP contribution < -0.4 is 0 Å². The Morgan fingerprint density at radius 2 is 0.429 bits per heavy atom. The molecule has 0 aromatic heterocycles. The Bertz CT molecular complexity index is 1820. The number of aliphatic hydroxyl groups is 3. The maximum Gasteiger partial charge on any atom is 0.165 e. The Morgan fingerprint density at radius 1 is 0.300 bits per heavy atom. The summed E-state index contributed by atoms with van der Waals surface area (Å²) in [5.74, 6) is 4.49. The van der Waals surface area contributed by atoms with Crippen molar-refractivity contribution in [1.29, 1.82) is 0 Å². The van der Waals surface area contributed by atoms with Crippen LogP contribution >= 0.6 is 0 Å². The number of hydrogen-bond acceptors (Lipinski definition) is 6. The Hall–Kier alpha value is -0.786. The van der Waals surface area contributed by atoms with Gasteiger partial charge in [-0.25, -0.2) is 0 Å². The van der Waals surface area contributed by atoms with Crippen molar-refractivity contribution in [3.05, 3.63) is 35.5 Å². The van der Waals surface area contributed by atoms with Gasteiger partial charge in [-0.05, 0) is 145 Å². The third kappa shape index (κ3) is 9.82. The van der Waals surface area contributed by atoms with Crippen molar-refractivity contribution in [3.8, 4) is 0 Å². The molecule has 6 saturated carbocycles. The molecule has 12 unspecified atom stereocenters. The first-order valence-electron chi connectivity index (χ1n) is 27.8. The van der Waals surface area contributed by atoms with E-state index in [4.69, 9.17) is 0 Å². The second kappa shape index (κ2) is 20.6. The van der Waals surface area contributed by atoms with E-state index in [1.54, 1.807) is 18.2 Å². The van der Waals surface area contributed by atoms with Crippen molar-refractivity contribution >= 4 is 17.3 Å². The molecule has 12 atom stereocenters. The van der Waals surface area contributed by atoms with Gasteiger partial charge in [-0.15, -0.1) is 0 Å². The molecule has 0 saturated heterocycles. The molecule has 0 aliphatic heterocycles. The summed E-state index contributed by atoms with van der Waals surface area (Å²) in [6, 6.07) is 0. The predicted octanol–water partition coefficient (Wildman–Crippen LogP) is 17.8. The zero-order valence-corrected chi connectivity index (χ0v) is 52.1. The van der Waals surface area contributed by atoms with Gasteiger partial charge in [0.25, 0.3) is 0 Å². The Labute approximate surface area is 471 Å². The van der Waals surface area contributed by atoms with Crippen LogP contribution in [0, 0.1) is 150 Å². The normalized spacial score (nSPS) is 42.3. The molecular weight excluding hydrogens is 1000 g/mol. The van der Waals surface area contributed by atoms with E-state index in [0.29, 0.717) is 52.8 Å². The van der Waals surface area contributed by atoms with Crippen LogP contribution in [-0.4, -0.2) is 32.7 Å². The molecule has 7 heteroatoms. The van der Waals surface area contributed by atoms with Gasteiger partial charge in [0.1, 0.15) is 17.3 Å². The summed E-state index contributed by atoms with van der Waals surface area (Å²) in [6.45, 7) is 52.7. The summed E-state index contributed by atoms with van der Waals surface area (Å²) in [4.78, 5) is 39.3. The Morgan fingerprint density at radius 3 is 0.543 bits per heavy atom. The molecule has 0 heterocycles. The van der Waals surface area contributed by atoms with Crippen LogP contribution in [0.1, 0.15) is 243 Å². The van der Waals surface area contributed by atoms with Gasteiger partial charge in [0.05, 0.1) is 0 Å². The summed E-state index contributed by atoms with van der Waals surface area (Å²) in [7, 11) is 0. The zero-order valence-electron chi connectivity index (χ0n) is 49.6. The maximum absolute atomic E-state index is 13.1. The van der Waals surface area contributed by atoms with Gasteiger partial charge in [-0.2, -0.15) is 0 Å². The predicted molar refractivity (Wildman–Crippen MR) is 289 cm³/mol. The standard InChI is InChI=1S/3C21H36O2.Eu/c3*1-14-9-11-20(7,18(14,3)4)16(22)13-17(23)21(8)12-10-15(2)19(21,5)6;/h3*13-15,22H,9-12H2,1-8H3;/b3*16-13-;. The van der Waals surface area contributed by atoms with Gasteiger partial charge in [0.2, 0.25) is 0 Å². The summed E-state index contributed by atoms with van der Waals surface area (Å²) in [5, 5.41) is 32.6. The fourth-order valence-electron chi connectivity index (χ4n) is 14.4. The topological polar surface area (TPSA) is 112 Å². The minimum absolute atomic E-state index is 0. The summed E-state index contributed by atoms with van der Waals surface area (Å²) in [5.41, 5.74) is -2.07. The van der Waals surface area contributed by atoms with E-state index >= 15 is 0 Å². The molecule has 0 aromatic rings. The van der Waals surface area contributed by atoms with Crippen LogP contribution in [0.15, 0.2) is 35.5 Å². The monoisotopic (exact) mass is 1110 g/mol. The first kappa shape index (κ1) is 63.5. The number of rotatable bonds is 9. The number of hydrogen-bond donors (Lipinski definition) is 3. The van der Waals surface area contributed by atoms with Gasteiger partial charge < -0.3 is 15.3 Å². The third-order valence-electron chi connectivity index (χ3n) is 26.5. The van der Waals surface area contributed by atoms with Crippen molar-refractivity contribution in [2.24, 2.45) is 100 Å². The molecule has 6 fully saturated rings. The Kier molecular flexibility index (Phi) is 18.7. The minimum atomic E-state index is -0.370. The Balaban J connectivity index is 0.000000276. The SMILES string of the molecule is CC1CCC(C)(C(=O)/C=C(\O)C2(C)CCC(C)C2(C)C)C1(C)C.CC1CCC(C)(C(=O)/C=C(\O)C2(C)CCC(C)C2(C)C)C1(C)C.CC1CCC(C)(C(=O)/C=C(\O)C2(C)CCC(C)C2(C)C)C1(C)C.[Eu]. The second-order valence-corrected chi connectivity index (χ2v) is 29.6. The van der Waals surface area contributed by atoms with E-state index in [9.17, 15) is 29.7 Å². The molecule has 6 aliphatic rings. The average Bonchev–Trinajstić information content (AvgIpc) is 3.92. The van der Waals surface area contributed by atoms with Gasteiger partial charge in [0.15, 0.2) is 17.3 Å². The van der Waals surface area contributed by atoms with E-state index in [2.05, 4.69) is 166 Å². The quantitative estimate of drug-likeness (QED) is 0.157. The zero-order chi connectivity index (χ0) is 53.5. The van der Waals surface area contributed by atoms with Crippen molar-refractivity contribution in [3.63, 3.8) is 0 Å². The molecule has 0 aromatic carbocycles. The minimum Gasteiger partial charge on any atom is -0.512 e. The molecule has 6 nitrogen and oxygen atoms in total. The summed E-state index contributed by atoms with van der Waals surface area (Å²) < 4.78 is 0. The number of carbonyl (C=O) groups excluding carboxylic acids is 3. The first-order chi connectivity index (χ1) is 30.9. The van der Waals surface area contributed by atoms with Crippen LogP contribution in [0.25, 0.3) is 0 Å². The van der Waals surface area contributed by atoms with Gasteiger partial charge in [-0.1, -0.05) is 166 Å². The molecule has 70 heavy (non-hydrogen) atoms. The van der Waals surface area contributed by atoms with Crippen molar-refractivity contribution in [2.45, 2.75) is 243 Å². The largest absolute Gasteiger partial charge is 0.512 e. The molecule has 3 N–H and O–H groups in total. The third-order valence-corrected chi connectivity index (χ3v) is 26.5. The van der Waals surface area contributed by atoms with Gasteiger partial charge in [-0.3, -0.25) is 14.4 Å². The molecule has 403 valence electrons. The number of ketones is 3. The molecule has 1 radical (unpaired) electrons. The van der Waals surface area contributed by atoms with Crippen molar-refractivity contribution in [2.75, 3.05) is 0 Å². The van der Waals surface area contributed by atoms with Crippen LogP contribution in [0.5, 0.6) is 0 Å². The van der Waals surface area contributed by atoms with Gasteiger partial charge in [0, 0.05) is 100 Å². The van der Waals surface area contributed by atoms with Gasteiger partial charge >= 0.3 is 0 Å². The summed E-state index contributed by atoms with van der Waals surface area (Å²) >= 11 is 0. The molecule has 0 bridgehead atoms. The van der Waals surface area contributed by atoms with E-state index in [1.165, 1.54) is 0 Å². The second-order valence-electron chi connectivity index (χ2n) is 29.6. The number of carbonyl (C=O) groups is 3. The average molecular weight is 1110 g/mol. The van der Waals surface area contributed by atoms with E-state index in [-0.39, 0.29) is 132 Å². The number of aliphatic hydroxyl groups excluding tert-OH is 3. The molecule has 6 aliphatic carbocycles. The maximum atomic E-state index is 13.1. The molecule has 6 rings (SSSR count). The summed E-state index contributed by atoms with van der Waals surface area (Å²) in [6.07, 6.45) is 16.9. The van der Waals surface area contributed by atoms with Crippen LogP contribution in [0.2, 0.25) is 0 Å². The van der Waals surface area contributed by atoms with Crippen LogP contribution in [0.3, 0.4) is 0 Å². The fraction of sp³-hybridized carbons (Fsp3) is 0.857. The van der Waals surface area contributed by atoms with E-state index < -0.39 is 0 Å².